The second-order valence-electron chi connectivity index (χ2n) is 4.96. The van der Waals surface area contributed by atoms with E-state index in [1.165, 1.54) is 0 Å². The van der Waals surface area contributed by atoms with Crippen LogP contribution < -0.4 is 4.74 Å². The molecular weight excluding hydrogens is 260 g/mol. The smallest absolute Gasteiger partial charge is 0.197 e. The Bertz CT molecular complexity index is 558. The molecule has 0 aromatic heterocycles. The number of hydrogen-bond donors (Lipinski definition) is 0. The lowest BCUT2D eigenvalue weighted by Crippen LogP contribution is -2.16. The van der Waals surface area contributed by atoms with Crippen molar-refractivity contribution in [3.8, 4) is 5.75 Å². The van der Waals surface area contributed by atoms with Crippen molar-refractivity contribution in [2.24, 2.45) is 0 Å². The number of allylic oxidation sites excluding steroid dienone is 1. The van der Waals surface area contributed by atoms with Crippen LogP contribution >= 0.6 is 0 Å². The van der Waals surface area contributed by atoms with E-state index in [1.54, 1.807) is 0 Å². The van der Waals surface area contributed by atoms with Gasteiger partial charge in [0.25, 0.3) is 0 Å². The molecule has 0 fully saturated rings. The first-order valence-electron chi connectivity index (χ1n) is 7.29. The van der Waals surface area contributed by atoms with Crippen LogP contribution in [0.25, 0.3) is 5.57 Å². The van der Waals surface area contributed by atoms with Gasteiger partial charge in [-0.25, -0.2) is 0 Å². The molecule has 1 unspecified atom stereocenters. The van der Waals surface area contributed by atoms with Gasteiger partial charge < -0.3 is 9.47 Å². The number of ether oxygens (including phenoxy) is 2. The van der Waals surface area contributed by atoms with Gasteiger partial charge in [0.1, 0.15) is 5.75 Å². The Balaban J connectivity index is 1.85. The lowest BCUT2D eigenvalue weighted by atomic mass is 10.1. The van der Waals surface area contributed by atoms with E-state index < -0.39 is 0 Å². The molecule has 2 heteroatoms. The molecule has 2 aromatic carbocycles. The van der Waals surface area contributed by atoms with E-state index in [0.29, 0.717) is 6.61 Å². The molecule has 0 aliphatic carbocycles. The molecule has 110 valence electrons. The first-order valence-corrected chi connectivity index (χ1v) is 7.29. The van der Waals surface area contributed by atoms with Gasteiger partial charge in [0.2, 0.25) is 0 Å². The van der Waals surface area contributed by atoms with Crippen LogP contribution in [0.5, 0.6) is 5.75 Å². The minimum Gasteiger partial charge on any atom is -0.465 e. The molecule has 0 heterocycles. The maximum atomic E-state index is 5.75. The molecule has 0 aliphatic heterocycles. The minimum absolute atomic E-state index is 0.287. The molecular formula is C19H22O2. The molecule has 0 saturated heterocycles. The van der Waals surface area contributed by atoms with Crippen LogP contribution in [0.2, 0.25) is 0 Å². The van der Waals surface area contributed by atoms with Gasteiger partial charge in [0.05, 0.1) is 6.61 Å². The zero-order chi connectivity index (χ0) is 15.1. The Morgan fingerprint density at radius 1 is 1.05 bits per heavy atom. The lowest BCUT2D eigenvalue weighted by Gasteiger charge is -2.16. The molecule has 0 radical (unpaired) electrons. The van der Waals surface area contributed by atoms with Crippen LogP contribution in [0.1, 0.15) is 31.4 Å². The van der Waals surface area contributed by atoms with Crippen molar-refractivity contribution in [2.75, 3.05) is 0 Å². The molecule has 0 bridgehead atoms. The average Bonchev–Trinajstić information content (AvgIpc) is 2.54. The first kappa shape index (κ1) is 15.3. The Labute approximate surface area is 127 Å². The van der Waals surface area contributed by atoms with Gasteiger partial charge in [-0.1, -0.05) is 56.0 Å². The Morgan fingerprint density at radius 2 is 1.71 bits per heavy atom. The second-order valence-corrected chi connectivity index (χ2v) is 4.96. The number of benzene rings is 2. The van der Waals surface area contributed by atoms with Gasteiger partial charge in [0, 0.05) is 0 Å². The molecule has 0 aliphatic rings. The van der Waals surface area contributed by atoms with E-state index in [1.807, 2.05) is 61.5 Å². The van der Waals surface area contributed by atoms with Crippen molar-refractivity contribution < 1.29 is 9.47 Å². The zero-order valence-electron chi connectivity index (χ0n) is 12.7. The molecule has 0 amide bonds. The van der Waals surface area contributed by atoms with Crippen LogP contribution in [0.3, 0.4) is 0 Å². The molecule has 0 spiro atoms. The highest BCUT2D eigenvalue weighted by Crippen LogP contribution is 2.20. The minimum atomic E-state index is -0.287. The quantitative estimate of drug-likeness (QED) is 0.661. The fourth-order valence-electron chi connectivity index (χ4n) is 1.99. The summed E-state index contributed by atoms with van der Waals surface area (Å²) in [5.74, 6) is 0.809. The lowest BCUT2D eigenvalue weighted by molar-refractivity contribution is -0.0759. The number of hydrogen-bond acceptors (Lipinski definition) is 2. The molecule has 2 aromatic rings. The summed E-state index contributed by atoms with van der Waals surface area (Å²) in [5.41, 5.74) is 3.43. The predicted molar refractivity (Wildman–Crippen MR) is 87.1 cm³/mol. The summed E-state index contributed by atoms with van der Waals surface area (Å²) < 4.78 is 11.4. The normalized spacial score (nSPS) is 11.9. The van der Waals surface area contributed by atoms with Crippen molar-refractivity contribution in [3.63, 3.8) is 0 Å². The van der Waals surface area contributed by atoms with E-state index >= 15 is 0 Å². The van der Waals surface area contributed by atoms with Crippen LogP contribution in [0, 0.1) is 0 Å². The maximum absolute atomic E-state index is 5.75. The molecule has 1 atom stereocenters. The predicted octanol–water partition coefficient (Wildman–Crippen LogP) is 5.05. The van der Waals surface area contributed by atoms with Gasteiger partial charge >= 0.3 is 0 Å². The standard InChI is InChI=1S/C19H22O2/c1-4-15(2)18-10-12-19(13-11-18)21-16(3)20-14-17-8-6-5-7-9-17/h5-13,16H,2,4,14H2,1,3H3. The van der Waals surface area contributed by atoms with Crippen LogP contribution in [0.15, 0.2) is 61.2 Å². The third-order valence-corrected chi connectivity index (χ3v) is 3.32. The zero-order valence-corrected chi connectivity index (χ0v) is 12.7. The van der Waals surface area contributed by atoms with Crippen molar-refractivity contribution in [1.29, 1.82) is 0 Å². The van der Waals surface area contributed by atoms with Gasteiger partial charge in [-0.3, -0.25) is 0 Å². The summed E-state index contributed by atoms with van der Waals surface area (Å²) in [7, 11) is 0. The number of rotatable bonds is 7. The monoisotopic (exact) mass is 282 g/mol. The van der Waals surface area contributed by atoms with Crippen molar-refractivity contribution >= 4 is 5.57 Å². The SMILES string of the molecule is C=C(CC)c1ccc(OC(C)OCc2ccccc2)cc1. The molecule has 0 N–H and O–H groups in total. The Kier molecular flexibility index (Phi) is 5.59. The highest BCUT2D eigenvalue weighted by atomic mass is 16.7. The summed E-state index contributed by atoms with van der Waals surface area (Å²) in [5, 5.41) is 0. The molecule has 2 rings (SSSR count). The highest BCUT2D eigenvalue weighted by Gasteiger charge is 2.05. The van der Waals surface area contributed by atoms with Crippen LogP contribution in [0.4, 0.5) is 0 Å². The molecule has 2 nitrogen and oxygen atoms in total. The topological polar surface area (TPSA) is 18.5 Å². The summed E-state index contributed by atoms with van der Waals surface area (Å²) >= 11 is 0. The second kappa shape index (κ2) is 7.65. The third kappa shape index (κ3) is 4.76. The Morgan fingerprint density at radius 3 is 2.33 bits per heavy atom. The van der Waals surface area contributed by atoms with E-state index in [0.717, 1.165) is 28.9 Å². The van der Waals surface area contributed by atoms with Crippen molar-refractivity contribution in [2.45, 2.75) is 33.2 Å². The van der Waals surface area contributed by atoms with Gasteiger partial charge in [-0.2, -0.15) is 0 Å². The summed E-state index contributed by atoms with van der Waals surface area (Å²) in [4.78, 5) is 0. The van der Waals surface area contributed by atoms with E-state index in [9.17, 15) is 0 Å². The fourth-order valence-corrected chi connectivity index (χ4v) is 1.99. The van der Waals surface area contributed by atoms with Gasteiger partial charge in [0.15, 0.2) is 6.29 Å². The van der Waals surface area contributed by atoms with Crippen LogP contribution in [-0.2, 0) is 11.3 Å². The van der Waals surface area contributed by atoms with Gasteiger partial charge in [-0.05, 0) is 42.2 Å². The summed E-state index contributed by atoms with van der Waals surface area (Å²) in [6.07, 6.45) is 0.669. The summed E-state index contributed by atoms with van der Waals surface area (Å²) in [6, 6.07) is 18.1. The Hall–Kier alpha value is -2.06. The molecule has 21 heavy (non-hydrogen) atoms. The maximum Gasteiger partial charge on any atom is 0.197 e. The molecule has 0 saturated carbocycles. The van der Waals surface area contributed by atoms with Crippen molar-refractivity contribution in [1.82, 2.24) is 0 Å². The van der Waals surface area contributed by atoms with E-state index in [2.05, 4.69) is 13.5 Å². The van der Waals surface area contributed by atoms with E-state index in [-0.39, 0.29) is 6.29 Å². The highest BCUT2D eigenvalue weighted by molar-refractivity contribution is 5.63. The van der Waals surface area contributed by atoms with Crippen LogP contribution in [-0.4, -0.2) is 6.29 Å². The van der Waals surface area contributed by atoms with E-state index in [4.69, 9.17) is 9.47 Å². The van der Waals surface area contributed by atoms with Gasteiger partial charge in [-0.15, -0.1) is 0 Å². The average molecular weight is 282 g/mol. The first-order chi connectivity index (χ1) is 10.2. The third-order valence-electron chi connectivity index (χ3n) is 3.32. The van der Waals surface area contributed by atoms with Crippen molar-refractivity contribution in [3.05, 3.63) is 72.3 Å². The summed E-state index contributed by atoms with van der Waals surface area (Å²) in [6.45, 7) is 8.59. The largest absolute Gasteiger partial charge is 0.465 e. The fraction of sp³-hybridized carbons (Fsp3) is 0.263.